The fraction of sp³-hybridized carbons (Fsp3) is 0.400. The van der Waals surface area contributed by atoms with Crippen molar-refractivity contribution in [1.29, 1.82) is 0 Å². The molecule has 0 bridgehead atoms. The van der Waals surface area contributed by atoms with E-state index in [-0.39, 0.29) is 23.8 Å². The molecule has 0 saturated carbocycles. The van der Waals surface area contributed by atoms with E-state index in [4.69, 9.17) is 5.73 Å². The van der Waals surface area contributed by atoms with Gasteiger partial charge >= 0.3 is 0 Å². The van der Waals surface area contributed by atoms with Crippen molar-refractivity contribution in [3.8, 4) is 0 Å². The Hall–Kier alpha value is -3.04. The van der Waals surface area contributed by atoms with Crippen LogP contribution in [0.2, 0.25) is 0 Å². The van der Waals surface area contributed by atoms with E-state index >= 15 is 0 Å². The van der Waals surface area contributed by atoms with Gasteiger partial charge in [-0.3, -0.25) is 14.4 Å². The average Bonchev–Trinajstić information content (AvgIpc) is 3.27. The quantitative estimate of drug-likeness (QED) is 0.444. The van der Waals surface area contributed by atoms with Crippen LogP contribution in [0.1, 0.15) is 36.7 Å². The maximum Gasteiger partial charge on any atom is 0.254 e. The minimum absolute atomic E-state index is 0.228. The molecular formula is C25H32N4O4S. The Bertz CT molecular complexity index is 1030. The standard InChI is InChI=1S/C25H32N4O4S/c1-25(2,3)28-23(32)20-14-34-15-29(20)24(33)21(30)19(13-16-9-5-4-6-10-16)27-22(31)17-11-7-8-12-18(17)26/h4-12,19-21,30H,13-15,26H2,1-3H3,(H,27,31)(H,28,32)/t19-,20-,21-/m0/s1. The van der Waals surface area contributed by atoms with E-state index < -0.39 is 35.5 Å². The van der Waals surface area contributed by atoms with Gasteiger partial charge in [0.05, 0.1) is 17.5 Å². The number of nitrogens with one attached hydrogen (secondary N) is 2. The summed E-state index contributed by atoms with van der Waals surface area (Å²) >= 11 is 1.45. The van der Waals surface area contributed by atoms with E-state index in [0.717, 1.165) is 5.56 Å². The molecule has 0 aromatic heterocycles. The monoisotopic (exact) mass is 484 g/mol. The molecule has 182 valence electrons. The van der Waals surface area contributed by atoms with Crippen LogP contribution < -0.4 is 16.4 Å². The highest BCUT2D eigenvalue weighted by molar-refractivity contribution is 7.99. The summed E-state index contributed by atoms with van der Waals surface area (Å²) in [7, 11) is 0. The van der Waals surface area contributed by atoms with Crippen molar-refractivity contribution in [2.75, 3.05) is 17.4 Å². The van der Waals surface area contributed by atoms with Crippen molar-refractivity contribution in [1.82, 2.24) is 15.5 Å². The van der Waals surface area contributed by atoms with E-state index in [1.807, 2.05) is 51.1 Å². The number of aliphatic hydroxyl groups is 1. The first-order chi connectivity index (χ1) is 16.1. The zero-order chi connectivity index (χ0) is 24.9. The average molecular weight is 485 g/mol. The summed E-state index contributed by atoms with van der Waals surface area (Å²) in [4.78, 5) is 40.5. The van der Waals surface area contributed by atoms with Crippen LogP contribution >= 0.6 is 11.8 Å². The summed E-state index contributed by atoms with van der Waals surface area (Å²) in [6, 6.07) is 14.3. The third kappa shape index (κ3) is 6.51. The fourth-order valence-corrected chi connectivity index (χ4v) is 4.90. The molecule has 0 aliphatic carbocycles. The van der Waals surface area contributed by atoms with Gasteiger partial charge in [-0.05, 0) is 44.9 Å². The molecule has 1 fully saturated rings. The maximum atomic E-state index is 13.3. The molecule has 2 aromatic rings. The van der Waals surface area contributed by atoms with Crippen molar-refractivity contribution >= 4 is 35.2 Å². The molecule has 1 heterocycles. The predicted octanol–water partition coefficient (Wildman–Crippen LogP) is 1.79. The zero-order valence-electron chi connectivity index (χ0n) is 19.7. The highest BCUT2D eigenvalue weighted by Crippen LogP contribution is 2.24. The Morgan fingerprint density at radius 1 is 1.12 bits per heavy atom. The summed E-state index contributed by atoms with van der Waals surface area (Å²) in [5, 5.41) is 16.8. The lowest BCUT2D eigenvalue weighted by atomic mass is 9.99. The molecule has 8 nitrogen and oxygen atoms in total. The first-order valence-corrected chi connectivity index (χ1v) is 12.3. The third-order valence-electron chi connectivity index (χ3n) is 5.42. The minimum Gasteiger partial charge on any atom is -0.398 e. The van der Waals surface area contributed by atoms with Gasteiger partial charge in [-0.1, -0.05) is 42.5 Å². The second-order valence-electron chi connectivity index (χ2n) is 9.36. The molecule has 9 heteroatoms. The van der Waals surface area contributed by atoms with Gasteiger partial charge in [-0.15, -0.1) is 11.8 Å². The van der Waals surface area contributed by atoms with Gasteiger partial charge in [0.2, 0.25) is 5.91 Å². The summed E-state index contributed by atoms with van der Waals surface area (Å²) in [5.74, 6) is -0.615. The maximum absolute atomic E-state index is 13.3. The summed E-state index contributed by atoms with van der Waals surface area (Å²) in [5.41, 5.74) is 6.90. The number of anilines is 1. The fourth-order valence-electron chi connectivity index (χ4n) is 3.73. The summed E-state index contributed by atoms with van der Waals surface area (Å²) < 4.78 is 0. The van der Waals surface area contributed by atoms with Gasteiger partial charge in [0.25, 0.3) is 11.8 Å². The number of hydrogen-bond acceptors (Lipinski definition) is 6. The number of nitrogens with zero attached hydrogens (tertiary/aromatic N) is 1. The molecule has 5 N–H and O–H groups in total. The van der Waals surface area contributed by atoms with Crippen LogP contribution in [0.25, 0.3) is 0 Å². The molecule has 0 spiro atoms. The number of nitrogens with two attached hydrogens (primary N) is 1. The molecule has 0 radical (unpaired) electrons. The van der Waals surface area contributed by atoms with Crippen molar-refractivity contribution < 1.29 is 19.5 Å². The molecule has 2 aromatic carbocycles. The predicted molar refractivity (Wildman–Crippen MR) is 134 cm³/mol. The number of hydrogen-bond donors (Lipinski definition) is 4. The van der Waals surface area contributed by atoms with Crippen LogP contribution in [0.4, 0.5) is 5.69 Å². The van der Waals surface area contributed by atoms with Crippen LogP contribution in [0.3, 0.4) is 0 Å². The van der Waals surface area contributed by atoms with Crippen molar-refractivity contribution in [2.45, 2.75) is 50.9 Å². The lowest BCUT2D eigenvalue weighted by Gasteiger charge is -2.31. The van der Waals surface area contributed by atoms with Crippen LogP contribution in [0, 0.1) is 0 Å². The molecule has 3 atom stereocenters. The number of para-hydroxylation sites is 1. The number of benzene rings is 2. The number of carbonyl (C=O) groups excluding carboxylic acids is 3. The molecule has 34 heavy (non-hydrogen) atoms. The topological polar surface area (TPSA) is 125 Å². The molecule has 1 aliphatic rings. The minimum atomic E-state index is -1.54. The number of thioether (sulfide) groups is 1. The number of carbonyl (C=O) groups is 3. The highest BCUT2D eigenvalue weighted by Gasteiger charge is 2.40. The van der Waals surface area contributed by atoms with Crippen molar-refractivity contribution in [3.63, 3.8) is 0 Å². The summed E-state index contributed by atoms with van der Waals surface area (Å²) in [6.45, 7) is 5.61. The SMILES string of the molecule is CC(C)(C)NC(=O)[C@@H]1CSCN1C(=O)[C@@H](O)[C@H](Cc1ccccc1)NC(=O)c1ccccc1N. The number of aliphatic hydroxyl groups excluding tert-OH is 1. The van der Waals surface area contributed by atoms with E-state index in [1.54, 1.807) is 24.3 Å². The first-order valence-electron chi connectivity index (χ1n) is 11.1. The van der Waals surface area contributed by atoms with Crippen molar-refractivity contribution in [3.05, 3.63) is 65.7 Å². The van der Waals surface area contributed by atoms with Gasteiger partial charge in [-0.25, -0.2) is 0 Å². The van der Waals surface area contributed by atoms with E-state index in [0.29, 0.717) is 11.4 Å². The Labute approximate surface area is 204 Å². The first kappa shape index (κ1) is 25.6. The van der Waals surface area contributed by atoms with Gasteiger partial charge in [0, 0.05) is 17.0 Å². The van der Waals surface area contributed by atoms with Crippen LogP contribution in [0.15, 0.2) is 54.6 Å². The van der Waals surface area contributed by atoms with Gasteiger partial charge in [0.15, 0.2) is 6.10 Å². The Kier molecular flexibility index (Phi) is 8.22. The molecule has 3 rings (SSSR count). The second-order valence-corrected chi connectivity index (χ2v) is 10.4. The van der Waals surface area contributed by atoms with Crippen LogP contribution in [-0.4, -0.2) is 63.1 Å². The molecule has 0 unspecified atom stereocenters. The number of rotatable bonds is 7. The molecule has 3 amide bonds. The van der Waals surface area contributed by atoms with E-state index in [9.17, 15) is 19.5 Å². The normalized spacial score (nSPS) is 17.6. The third-order valence-corrected chi connectivity index (χ3v) is 6.43. The lowest BCUT2D eigenvalue weighted by Crippen LogP contribution is -2.57. The molecular weight excluding hydrogens is 452 g/mol. The van der Waals surface area contributed by atoms with Gasteiger partial charge < -0.3 is 26.4 Å². The number of amides is 3. The van der Waals surface area contributed by atoms with Gasteiger partial charge in [-0.2, -0.15) is 0 Å². The van der Waals surface area contributed by atoms with Crippen LogP contribution in [-0.2, 0) is 16.0 Å². The Morgan fingerprint density at radius 2 is 1.76 bits per heavy atom. The smallest absolute Gasteiger partial charge is 0.254 e. The zero-order valence-corrected chi connectivity index (χ0v) is 20.5. The molecule has 1 saturated heterocycles. The Balaban J connectivity index is 1.81. The lowest BCUT2D eigenvalue weighted by molar-refractivity contribution is -0.146. The van der Waals surface area contributed by atoms with Crippen molar-refractivity contribution in [2.24, 2.45) is 0 Å². The van der Waals surface area contributed by atoms with E-state index in [2.05, 4.69) is 10.6 Å². The van der Waals surface area contributed by atoms with Gasteiger partial charge in [0.1, 0.15) is 6.04 Å². The molecule has 1 aliphatic heterocycles. The van der Waals surface area contributed by atoms with Crippen LogP contribution in [0.5, 0.6) is 0 Å². The highest BCUT2D eigenvalue weighted by atomic mass is 32.2. The van der Waals surface area contributed by atoms with E-state index in [1.165, 1.54) is 16.7 Å². The largest absolute Gasteiger partial charge is 0.398 e. The summed E-state index contributed by atoms with van der Waals surface area (Å²) in [6.07, 6.45) is -1.32. The second kappa shape index (κ2) is 10.9. The number of nitrogen functional groups attached to an aromatic ring is 1. The Morgan fingerprint density at radius 3 is 2.41 bits per heavy atom.